The number of hydrogen-bond donors (Lipinski definition) is 1. The van der Waals surface area contributed by atoms with Crippen molar-refractivity contribution in [3.63, 3.8) is 0 Å². The molecule has 2 saturated heterocycles. The number of rotatable bonds is 5. The summed E-state index contributed by atoms with van der Waals surface area (Å²) < 4.78 is 32.9. The molecule has 2 aliphatic rings. The van der Waals surface area contributed by atoms with E-state index in [4.69, 9.17) is 10.00 Å². The average Bonchev–Trinajstić information content (AvgIpc) is 2.73. The molecule has 10 heteroatoms. The van der Waals surface area contributed by atoms with Gasteiger partial charge in [-0.3, -0.25) is 0 Å². The van der Waals surface area contributed by atoms with Crippen LogP contribution in [0.2, 0.25) is 25.7 Å². The molecule has 2 fully saturated rings. The highest BCUT2D eigenvalue weighted by Crippen LogP contribution is 2.29. The molecule has 2 heterocycles. The Labute approximate surface area is 186 Å². The van der Waals surface area contributed by atoms with E-state index < -0.39 is 18.1 Å². The quantitative estimate of drug-likeness (QED) is 0.672. The molecule has 0 bridgehead atoms. The minimum atomic E-state index is -3.60. The molecule has 1 aromatic carbocycles. The molecule has 0 radical (unpaired) electrons. The summed E-state index contributed by atoms with van der Waals surface area (Å²) in [6.07, 6.45) is 0.981. The van der Waals surface area contributed by atoms with Crippen molar-refractivity contribution in [2.24, 2.45) is 0 Å². The van der Waals surface area contributed by atoms with E-state index in [0.29, 0.717) is 57.7 Å². The highest BCUT2D eigenvalue weighted by atomic mass is 32.2. The Morgan fingerprint density at radius 1 is 1.19 bits per heavy atom. The van der Waals surface area contributed by atoms with Crippen molar-refractivity contribution >= 4 is 24.2 Å². The molecule has 8 nitrogen and oxygen atoms in total. The summed E-state index contributed by atoms with van der Waals surface area (Å²) in [5.41, 5.74) is 0.145. The van der Waals surface area contributed by atoms with Gasteiger partial charge in [0, 0.05) is 46.3 Å². The van der Waals surface area contributed by atoms with Crippen LogP contribution in [0.5, 0.6) is 0 Å². The number of carbonyl (C=O) groups excluding carboxylic acids is 1. The number of nitrogens with one attached hydrogen (secondary N) is 1. The predicted molar refractivity (Wildman–Crippen MR) is 121 cm³/mol. The van der Waals surface area contributed by atoms with E-state index in [9.17, 15) is 13.2 Å². The number of piperazine rings is 1. The Kier molecular flexibility index (Phi) is 7.10. The van der Waals surface area contributed by atoms with Gasteiger partial charge >= 0.3 is 6.09 Å². The van der Waals surface area contributed by atoms with Crippen LogP contribution in [0.3, 0.4) is 0 Å². The van der Waals surface area contributed by atoms with Crippen LogP contribution in [0.4, 0.5) is 4.79 Å². The zero-order valence-electron chi connectivity index (χ0n) is 18.6. The summed E-state index contributed by atoms with van der Waals surface area (Å²) in [6.45, 7) is 9.78. The Bertz CT molecular complexity index is 930. The Balaban J connectivity index is 1.58. The van der Waals surface area contributed by atoms with E-state index in [2.05, 4.69) is 25.0 Å². The van der Waals surface area contributed by atoms with Crippen LogP contribution in [0.1, 0.15) is 18.4 Å². The number of benzene rings is 1. The maximum absolute atomic E-state index is 13.0. The van der Waals surface area contributed by atoms with Crippen molar-refractivity contribution < 1.29 is 17.9 Å². The molecule has 2 aliphatic heterocycles. The van der Waals surface area contributed by atoms with Crippen LogP contribution in [0.25, 0.3) is 0 Å². The predicted octanol–water partition coefficient (Wildman–Crippen LogP) is 2.46. The fourth-order valence-electron chi connectivity index (χ4n) is 3.99. The molecule has 1 amide bonds. The second-order valence-corrected chi connectivity index (χ2v) is 17.2. The fraction of sp³-hybridized carbons (Fsp3) is 0.619. The maximum atomic E-state index is 13.0. The van der Waals surface area contributed by atoms with Gasteiger partial charge in [0.2, 0.25) is 10.0 Å². The second kappa shape index (κ2) is 9.28. The van der Waals surface area contributed by atoms with Gasteiger partial charge < -0.3 is 15.0 Å². The van der Waals surface area contributed by atoms with Crippen LogP contribution in [0, 0.1) is 11.3 Å². The third-order valence-corrected chi connectivity index (χ3v) is 9.63. The third-order valence-electron chi connectivity index (χ3n) is 6.01. The Morgan fingerprint density at radius 2 is 1.84 bits per heavy atom. The standard InChI is InChI=1S/C21H32N4O4SSi/c1-31(2,3)15-14-29-20(26)24-13-10-23-21(17-24)8-11-25(12-9-21)30(27,28)19-6-4-18(16-22)5-7-19/h4-7,23H,8-15,17H2,1-3H3. The number of ether oxygens (including phenoxy) is 1. The van der Waals surface area contributed by atoms with Crippen LogP contribution in [0.15, 0.2) is 29.2 Å². The zero-order valence-corrected chi connectivity index (χ0v) is 20.4. The summed E-state index contributed by atoms with van der Waals surface area (Å²) >= 11 is 0. The van der Waals surface area contributed by atoms with Crippen molar-refractivity contribution in [1.82, 2.24) is 14.5 Å². The first kappa shape index (κ1) is 23.7. The van der Waals surface area contributed by atoms with Gasteiger partial charge in [-0.05, 0) is 43.2 Å². The number of carbonyl (C=O) groups is 1. The molecular weight excluding hydrogens is 432 g/mol. The molecule has 0 aromatic heterocycles. The van der Waals surface area contributed by atoms with Gasteiger partial charge in [0.15, 0.2) is 0 Å². The molecule has 1 aromatic rings. The minimum absolute atomic E-state index is 0.201. The summed E-state index contributed by atoms with van der Waals surface area (Å²) in [5, 5.41) is 12.4. The Hall–Kier alpha value is -1.93. The molecule has 0 unspecified atom stereocenters. The van der Waals surface area contributed by atoms with Crippen molar-refractivity contribution in [3.8, 4) is 6.07 Å². The van der Waals surface area contributed by atoms with E-state index in [-0.39, 0.29) is 16.5 Å². The molecule has 1 spiro atoms. The zero-order chi connectivity index (χ0) is 22.7. The van der Waals surface area contributed by atoms with E-state index in [1.54, 1.807) is 4.90 Å². The minimum Gasteiger partial charge on any atom is -0.450 e. The number of piperidine rings is 1. The maximum Gasteiger partial charge on any atom is 0.409 e. The summed E-state index contributed by atoms with van der Waals surface area (Å²) in [6, 6.07) is 8.95. The van der Waals surface area contributed by atoms with Crippen molar-refractivity contribution in [2.75, 3.05) is 39.3 Å². The second-order valence-electron chi connectivity index (χ2n) is 9.59. The SMILES string of the molecule is C[Si](C)(C)CCOC(=O)N1CCNC2(CCN(S(=O)(=O)c3ccc(C#N)cc3)CC2)C1. The van der Waals surface area contributed by atoms with Gasteiger partial charge in [0.05, 0.1) is 23.1 Å². The first-order valence-corrected chi connectivity index (χ1v) is 15.9. The number of sulfonamides is 1. The Morgan fingerprint density at radius 3 is 2.42 bits per heavy atom. The highest BCUT2D eigenvalue weighted by molar-refractivity contribution is 7.89. The van der Waals surface area contributed by atoms with Gasteiger partial charge in [0.1, 0.15) is 0 Å². The van der Waals surface area contributed by atoms with Crippen molar-refractivity contribution in [3.05, 3.63) is 29.8 Å². The summed E-state index contributed by atoms with van der Waals surface area (Å²) in [7, 11) is -4.86. The van der Waals surface area contributed by atoms with Crippen molar-refractivity contribution in [2.45, 2.75) is 49.0 Å². The molecular formula is C21H32N4O4SSi. The fourth-order valence-corrected chi connectivity index (χ4v) is 6.14. The molecule has 0 aliphatic carbocycles. The normalized spacial score (nSPS) is 19.7. The number of nitriles is 1. The third kappa shape index (κ3) is 5.86. The molecule has 170 valence electrons. The molecule has 3 rings (SSSR count). The number of hydrogen-bond acceptors (Lipinski definition) is 6. The van der Waals surface area contributed by atoms with Crippen LogP contribution < -0.4 is 5.32 Å². The van der Waals surface area contributed by atoms with Gasteiger partial charge in [-0.15, -0.1) is 0 Å². The first-order valence-electron chi connectivity index (χ1n) is 10.7. The van der Waals surface area contributed by atoms with Gasteiger partial charge in [0.25, 0.3) is 0 Å². The monoisotopic (exact) mass is 464 g/mol. The molecule has 31 heavy (non-hydrogen) atoms. The van der Waals surface area contributed by atoms with E-state index >= 15 is 0 Å². The van der Waals surface area contributed by atoms with Crippen LogP contribution >= 0.6 is 0 Å². The largest absolute Gasteiger partial charge is 0.450 e. The van der Waals surface area contributed by atoms with Crippen molar-refractivity contribution in [1.29, 1.82) is 5.26 Å². The number of nitrogens with zero attached hydrogens (tertiary/aromatic N) is 3. The summed E-state index contributed by atoms with van der Waals surface area (Å²) in [5.74, 6) is 0. The first-order chi connectivity index (χ1) is 14.5. The molecule has 0 atom stereocenters. The van der Waals surface area contributed by atoms with E-state index in [1.165, 1.54) is 28.6 Å². The lowest BCUT2D eigenvalue weighted by molar-refractivity contribution is 0.0601. The number of amides is 1. The van der Waals surface area contributed by atoms with E-state index in [0.717, 1.165) is 6.04 Å². The lowest BCUT2D eigenvalue weighted by atomic mass is 9.86. The van der Waals surface area contributed by atoms with Crippen LogP contribution in [-0.4, -0.2) is 76.7 Å². The molecule has 1 N–H and O–H groups in total. The van der Waals surface area contributed by atoms with Gasteiger partial charge in [-0.25, -0.2) is 13.2 Å². The summed E-state index contributed by atoms with van der Waals surface area (Å²) in [4.78, 5) is 14.5. The van der Waals surface area contributed by atoms with Gasteiger partial charge in [-0.1, -0.05) is 19.6 Å². The average molecular weight is 465 g/mol. The smallest absolute Gasteiger partial charge is 0.409 e. The highest BCUT2D eigenvalue weighted by Gasteiger charge is 2.42. The van der Waals surface area contributed by atoms with Crippen LogP contribution in [-0.2, 0) is 14.8 Å². The molecule has 0 saturated carbocycles. The van der Waals surface area contributed by atoms with Gasteiger partial charge in [-0.2, -0.15) is 9.57 Å². The van der Waals surface area contributed by atoms with E-state index in [1.807, 2.05) is 6.07 Å². The lowest BCUT2D eigenvalue weighted by Crippen LogP contribution is -2.65. The lowest BCUT2D eigenvalue weighted by Gasteiger charge is -2.47. The topological polar surface area (TPSA) is 103 Å².